The number of benzene rings is 2. The average molecular weight is 372 g/mol. The fraction of sp³-hybridized carbons (Fsp3) is 0.316. The second-order valence-electron chi connectivity index (χ2n) is 6.86. The Morgan fingerprint density at radius 3 is 2.54 bits per heavy atom. The maximum absolute atomic E-state index is 12.8. The molecule has 1 amide bonds. The molecule has 1 aliphatic carbocycles. The van der Waals surface area contributed by atoms with Crippen LogP contribution >= 0.6 is 0 Å². The summed E-state index contributed by atoms with van der Waals surface area (Å²) in [6.45, 7) is 1.77. The number of nitrogens with one attached hydrogen (secondary N) is 3. The van der Waals surface area contributed by atoms with Gasteiger partial charge < -0.3 is 10.2 Å². The van der Waals surface area contributed by atoms with E-state index in [2.05, 4.69) is 16.1 Å². The molecule has 0 aromatic heterocycles. The van der Waals surface area contributed by atoms with E-state index in [0.717, 1.165) is 22.6 Å². The van der Waals surface area contributed by atoms with Crippen molar-refractivity contribution in [3.05, 3.63) is 65.7 Å². The Morgan fingerprint density at radius 1 is 1.04 bits per heavy atom. The van der Waals surface area contributed by atoms with Crippen LogP contribution in [0.25, 0.3) is 0 Å². The van der Waals surface area contributed by atoms with E-state index in [1.807, 2.05) is 18.2 Å². The van der Waals surface area contributed by atoms with Crippen molar-refractivity contribution in [3.63, 3.8) is 0 Å². The third kappa shape index (κ3) is 3.25. The van der Waals surface area contributed by atoms with Crippen molar-refractivity contribution in [2.45, 2.75) is 23.4 Å². The minimum Gasteiger partial charge on any atom is -0.346 e. The van der Waals surface area contributed by atoms with Gasteiger partial charge in [-0.3, -0.25) is 4.79 Å². The van der Waals surface area contributed by atoms with Crippen molar-refractivity contribution in [2.75, 3.05) is 19.6 Å². The molecule has 1 aliphatic heterocycles. The number of piperazine rings is 1. The summed E-state index contributed by atoms with van der Waals surface area (Å²) in [6, 6.07) is 16.1. The van der Waals surface area contributed by atoms with Gasteiger partial charge in [0.1, 0.15) is 6.04 Å². The number of sulfonamides is 1. The highest BCUT2D eigenvalue weighted by molar-refractivity contribution is 7.89. The van der Waals surface area contributed by atoms with Crippen LogP contribution in [0.2, 0.25) is 0 Å². The predicted octanol–water partition coefficient (Wildman–Crippen LogP) is -0.354. The summed E-state index contributed by atoms with van der Waals surface area (Å²) in [5.41, 5.74) is 2.29. The molecule has 26 heavy (non-hydrogen) atoms. The largest absolute Gasteiger partial charge is 0.346 e. The molecule has 3 N–H and O–H groups in total. The summed E-state index contributed by atoms with van der Waals surface area (Å²) in [5, 5.41) is 2.85. The monoisotopic (exact) mass is 372 g/mol. The number of hydrogen-bond acceptors (Lipinski definition) is 3. The number of rotatable bonds is 4. The Balaban J connectivity index is 1.65. The molecule has 2 aliphatic rings. The van der Waals surface area contributed by atoms with Gasteiger partial charge in [0.25, 0.3) is 5.91 Å². The molecular formula is C19H22N3O3S+. The summed E-state index contributed by atoms with van der Waals surface area (Å²) < 4.78 is 28.6. The van der Waals surface area contributed by atoms with Crippen molar-refractivity contribution in [3.8, 4) is 0 Å². The molecule has 2 aromatic rings. The minimum absolute atomic E-state index is 0.0142. The molecule has 0 saturated carbocycles. The van der Waals surface area contributed by atoms with Gasteiger partial charge in [-0.1, -0.05) is 42.5 Å². The zero-order chi connectivity index (χ0) is 18.1. The van der Waals surface area contributed by atoms with Crippen LogP contribution in [0.3, 0.4) is 0 Å². The number of quaternary nitrogens is 1. The van der Waals surface area contributed by atoms with Crippen LogP contribution in [0, 0.1) is 0 Å². The summed E-state index contributed by atoms with van der Waals surface area (Å²) in [7, 11) is -3.61. The molecule has 0 bridgehead atoms. The van der Waals surface area contributed by atoms with E-state index < -0.39 is 10.0 Å². The normalized spacial score (nSPS) is 25.5. The molecule has 6 nitrogen and oxygen atoms in total. The smallest absolute Gasteiger partial charge is 0.275 e. The van der Waals surface area contributed by atoms with E-state index >= 15 is 0 Å². The predicted molar refractivity (Wildman–Crippen MR) is 97.1 cm³/mol. The van der Waals surface area contributed by atoms with Gasteiger partial charge in [0.05, 0.1) is 24.0 Å². The van der Waals surface area contributed by atoms with Crippen LogP contribution in [-0.4, -0.2) is 40.0 Å². The SMILES string of the molecule is O=C1C[NH+]([C@H]2c3ccccc3C[C@@H]2NS(=O)(=O)c2ccccc2)CCN1. The van der Waals surface area contributed by atoms with E-state index in [-0.39, 0.29) is 22.9 Å². The molecule has 1 heterocycles. The van der Waals surface area contributed by atoms with Gasteiger partial charge in [-0.05, 0) is 24.1 Å². The van der Waals surface area contributed by atoms with Gasteiger partial charge in [0, 0.05) is 5.56 Å². The average Bonchev–Trinajstić information content (AvgIpc) is 2.99. The lowest BCUT2D eigenvalue weighted by Gasteiger charge is -2.33. The zero-order valence-corrected chi connectivity index (χ0v) is 15.1. The number of hydrogen-bond donors (Lipinski definition) is 3. The maximum Gasteiger partial charge on any atom is 0.275 e. The topological polar surface area (TPSA) is 79.7 Å². The van der Waals surface area contributed by atoms with E-state index in [0.29, 0.717) is 19.5 Å². The molecule has 4 rings (SSSR count). The van der Waals surface area contributed by atoms with E-state index in [9.17, 15) is 13.2 Å². The minimum atomic E-state index is -3.61. The van der Waals surface area contributed by atoms with Crippen molar-refractivity contribution in [2.24, 2.45) is 0 Å². The molecule has 136 valence electrons. The summed E-state index contributed by atoms with van der Waals surface area (Å²) in [6.07, 6.45) is 0.637. The van der Waals surface area contributed by atoms with Gasteiger partial charge >= 0.3 is 0 Å². The molecule has 1 saturated heterocycles. The molecule has 1 unspecified atom stereocenters. The van der Waals surface area contributed by atoms with Gasteiger partial charge in [-0.2, -0.15) is 0 Å². The Morgan fingerprint density at radius 2 is 1.77 bits per heavy atom. The number of amides is 1. The van der Waals surface area contributed by atoms with Crippen molar-refractivity contribution >= 4 is 15.9 Å². The van der Waals surface area contributed by atoms with Crippen LogP contribution < -0.4 is 14.9 Å². The first kappa shape index (κ1) is 17.2. The first-order valence-electron chi connectivity index (χ1n) is 8.81. The molecule has 7 heteroatoms. The van der Waals surface area contributed by atoms with Crippen LogP contribution in [0.4, 0.5) is 0 Å². The number of fused-ring (bicyclic) bond motifs is 1. The summed E-state index contributed by atoms with van der Waals surface area (Å²) in [4.78, 5) is 13.3. The highest BCUT2D eigenvalue weighted by atomic mass is 32.2. The molecule has 2 aromatic carbocycles. The number of carbonyl (C=O) groups excluding carboxylic acids is 1. The molecule has 3 atom stereocenters. The van der Waals surface area contributed by atoms with Gasteiger partial charge in [0.2, 0.25) is 10.0 Å². The van der Waals surface area contributed by atoms with Gasteiger partial charge in [-0.25, -0.2) is 13.1 Å². The summed E-state index contributed by atoms with van der Waals surface area (Å²) >= 11 is 0. The third-order valence-corrected chi connectivity index (χ3v) is 6.69. The Hall–Kier alpha value is -2.22. The fourth-order valence-corrected chi connectivity index (χ4v) is 5.33. The first-order chi connectivity index (χ1) is 12.5. The van der Waals surface area contributed by atoms with Gasteiger partial charge in [0.15, 0.2) is 6.54 Å². The molecule has 0 radical (unpaired) electrons. The van der Waals surface area contributed by atoms with E-state index in [4.69, 9.17) is 0 Å². The highest BCUT2D eigenvalue weighted by Crippen LogP contribution is 2.30. The van der Waals surface area contributed by atoms with E-state index in [1.165, 1.54) is 0 Å². The summed E-state index contributed by atoms with van der Waals surface area (Å²) in [5.74, 6) is 0.0142. The van der Waals surface area contributed by atoms with Crippen LogP contribution in [-0.2, 0) is 21.2 Å². The second kappa shape index (κ2) is 6.83. The Labute approximate surface area is 153 Å². The lowest BCUT2D eigenvalue weighted by atomic mass is 10.0. The molecular weight excluding hydrogens is 350 g/mol. The van der Waals surface area contributed by atoms with Crippen LogP contribution in [0.5, 0.6) is 0 Å². The van der Waals surface area contributed by atoms with Crippen molar-refractivity contribution in [1.82, 2.24) is 10.0 Å². The zero-order valence-electron chi connectivity index (χ0n) is 14.3. The highest BCUT2D eigenvalue weighted by Gasteiger charge is 2.43. The maximum atomic E-state index is 12.8. The van der Waals surface area contributed by atoms with E-state index in [1.54, 1.807) is 30.3 Å². The lowest BCUT2D eigenvalue weighted by Crippen LogP contribution is -3.16. The third-order valence-electron chi connectivity index (χ3n) is 5.19. The Kier molecular flexibility index (Phi) is 4.52. The number of carbonyl (C=O) groups is 1. The quantitative estimate of drug-likeness (QED) is 0.686. The van der Waals surface area contributed by atoms with Crippen LogP contribution in [0.1, 0.15) is 17.2 Å². The molecule has 0 spiro atoms. The lowest BCUT2D eigenvalue weighted by molar-refractivity contribution is -0.926. The van der Waals surface area contributed by atoms with Crippen molar-refractivity contribution < 1.29 is 18.1 Å². The first-order valence-corrected chi connectivity index (χ1v) is 10.3. The van der Waals surface area contributed by atoms with Gasteiger partial charge in [-0.15, -0.1) is 0 Å². The fourth-order valence-electron chi connectivity index (χ4n) is 4.06. The standard InChI is InChI=1S/C19H21N3O3S/c23-18-13-22(11-10-20-18)19-16-9-5-4-6-14(16)12-17(19)21-26(24,25)15-7-2-1-3-8-15/h1-9,17,19,21H,10-13H2,(H,20,23)/p+1/t17-,19-/m0/s1. The van der Waals surface area contributed by atoms with Crippen LogP contribution in [0.15, 0.2) is 59.5 Å². The molecule has 1 fully saturated rings. The second-order valence-corrected chi connectivity index (χ2v) is 8.57. The van der Waals surface area contributed by atoms with Crippen molar-refractivity contribution in [1.29, 1.82) is 0 Å². The Bertz CT molecular complexity index is 915.